The third-order valence-electron chi connectivity index (χ3n) is 3.08. The van der Waals surface area contributed by atoms with Crippen molar-refractivity contribution in [3.05, 3.63) is 18.0 Å². The van der Waals surface area contributed by atoms with Crippen molar-refractivity contribution in [3.63, 3.8) is 0 Å². The van der Waals surface area contributed by atoms with Crippen molar-refractivity contribution in [2.75, 3.05) is 33.2 Å². The van der Waals surface area contributed by atoms with Gasteiger partial charge in [0.2, 0.25) is 5.91 Å². The van der Waals surface area contributed by atoms with Crippen molar-refractivity contribution < 1.29 is 18.0 Å². The molecule has 1 aliphatic rings. The summed E-state index contributed by atoms with van der Waals surface area (Å²) in [4.78, 5) is 15.6. The number of aromatic nitrogens is 2. The minimum atomic E-state index is -4.47. The van der Waals surface area contributed by atoms with Gasteiger partial charge >= 0.3 is 6.18 Å². The second-order valence-corrected chi connectivity index (χ2v) is 4.58. The highest BCUT2D eigenvalue weighted by Gasteiger charge is 2.33. The summed E-state index contributed by atoms with van der Waals surface area (Å²) >= 11 is 0. The van der Waals surface area contributed by atoms with E-state index in [2.05, 4.69) is 10.00 Å². The fraction of sp³-hybridized carbons (Fsp3) is 0.636. The van der Waals surface area contributed by atoms with Crippen LogP contribution in [-0.4, -0.2) is 58.7 Å². The molecule has 0 aromatic carbocycles. The van der Waals surface area contributed by atoms with Gasteiger partial charge in [-0.15, -0.1) is 0 Å². The van der Waals surface area contributed by atoms with E-state index in [9.17, 15) is 18.0 Å². The highest BCUT2D eigenvalue weighted by molar-refractivity contribution is 5.76. The Morgan fingerprint density at radius 3 is 2.47 bits per heavy atom. The van der Waals surface area contributed by atoms with E-state index in [1.54, 1.807) is 4.90 Å². The fourth-order valence-electron chi connectivity index (χ4n) is 1.90. The van der Waals surface area contributed by atoms with Crippen LogP contribution in [0, 0.1) is 0 Å². The van der Waals surface area contributed by atoms with Crippen molar-refractivity contribution in [3.8, 4) is 0 Å². The third kappa shape index (κ3) is 3.46. The summed E-state index contributed by atoms with van der Waals surface area (Å²) < 4.78 is 38.1. The number of carbonyl (C=O) groups excluding carboxylic acids is 1. The molecule has 0 aliphatic carbocycles. The molecule has 2 rings (SSSR count). The second kappa shape index (κ2) is 5.20. The first-order chi connectivity index (χ1) is 8.86. The van der Waals surface area contributed by atoms with E-state index in [0.29, 0.717) is 13.1 Å². The Morgan fingerprint density at radius 2 is 1.95 bits per heavy atom. The summed E-state index contributed by atoms with van der Waals surface area (Å²) in [5.41, 5.74) is -0.973. The summed E-state index contributed by atoms with van der Waals surface area (Å²) in [7, 11) is 1.96. The van der Waals surface area contributed by atoms with Crippen LogP contribution in [0.2, 0.25) is 0 Å². The van der Waals surface area contributed by atoms with Gasteiger partial charge in [0.1, 0.15) is 6.54 Å². The number of hydrogen-bond acceptors (Lipinski definition) is 3. The molecule has 1 aromatic heterocycles. The maximum absolute atomic E-state index is 12.4. The molecule has 19 heavy (non-hydrogen) atoms. The van der Waals surface area contributed by atoms with Crippen LogP contribution in [0.4, 0.5) is 13.2 Å². The Balaban J connectivity index is 1.94. The number of likely N-dealkylation sites (N-methyl/N-ethyl adjacent to an activating group) is 1. The smallest absolute Gasteiger partial charge is 0.339 e. The quantitative estimate of drug-likeness (QED) is 0.797. The first-order valence-electron chi connectivity index (χ1n) is 5.93. The van der Waals surface area contributed by atoms with Gasteiger partial charge in [0.05, 0.1) is 0 Å². The lowest BCUT2D eigenvalue weighted by Crippen LogP contribution is -2.48. The summed E-state index contributed by atoms with van der Waals surface area (Å²) in [6.07, 6.45) is -3.29. The third-order valence-corrected chi connectivity index (χ3v) is 3.08. The maximum Gasteiger partial charge on any atom is 0.435 e. The molecule has 0 unspecified atom stereocenters. The average molecular weight is 276 g/mol. The number of alkyl halides is 3. The molecule has 106 valence electrons. The number of amides is 1. The summed E-state index contributed by atoms with van der Waals surface area (Å²) in [6, 6.07) is 0.872. The van der Waals surface area contributed by atoms with Gasteiger partial charge in [-0.2, -0.15) is 18.3 Å². The number of piperazine rings is 1. The average Bonchev–Trinajstić information content (AvgIpc) is 2.78. The molecule has 1 fully saturated rings. The normalized spacial score (nSPS) is 17.8. The molecule has 5 nitrogen and oxygen atoms in total. The first-order valence-corrected chi connectivity index (χ1v) is 5.93. The second-order valence-electron chi connectivity index (χ2n) is 4.58. The molecule has 8 heteroatoms. The molecule has 0 spiro atoms. The molecule has 1 saturated heterocycles. The number of carbonyl (C=O) groups is 1. The molecule has 2 heterocycles. The summed E-state index contributed by atoms with van der Waals surface area (Å²) in [5, 5.41) is 3.37. The lowest BCUT2D eigenvalue weighted by Gasteiger charge is -2.32. The van der Waals surface area contributed by atoms with E-state index in [1.165, 1.54) is 6.20 Å². The zero-order chi connectivity index (χ0) is 14.0. The molecule has 1 aliphatic heterocycles. The van der Waals surface area contributed by atoms with Crippen LogP contribution in [0.5, 0.6) is 0 Å². The lowest BCUT2D eigenvalue weighted by molar-refractivity contribution is -0.142. The van der Waals surface area contributed by atoms with Crippen molar-refractivity contribution in [1.29, 1.82) is 0 Å². The molecule has 0 bridgehead atoms. The van der Waals surface area contributed by atoms with Crippen LogP contribution >= 0.6 is 0 Å². The SMILES string of the molecule is CN1CCN(C(=O)Cn2ccc(C(F)(F)F)n2)CC1. The largest absolute Gasteiger partial charge is 0.435 e. The van der Waals surface area contributed by atoms with Crippen LogP contribution in [-0.2, 0) is 17.5 Å². The Kier molecular flexibility index (Phi) is 3.79. The Hall–Kier alpha value is -1.57. The van der Waals surface area contributed by atoms with Crippen LogP contribution in [0.1, 0.15) is 5.69 Å². The highest BCUT2D eigenvalue weighted by Crippen LogP contribution is 2.27. The monoisotopic (exact) mass is 276 g/mol. The topological polar surface area (TPSA) is 41.4 Å². The highest BCUT2D eigenvalue weighted by atomic mass is 19.4. The fourth-order valence-corrected chi connectivity index (χ4v) is 1.90. The minimum Gasteiger partial charge on any atom is -0.339 e. The van der Waals surface area contributed by atoms with Crippen LogP contribution in [0.15, 0.2) is 12.3 Å². The van der Waals surface area contributed by atoms with Crippen molar-refractivity contribution in [2.24, 2.45) is 0 Å². The number of halogens is 3. The molecular formula is C11H15F3N4O. The minimum absolute atomic E-state index is 0.153. The predicted molar refractivity (Wildman–Crippen MR) is 61.3 cm³/mol. The van der Waals surface area contributed by atoms with Gasteiger partial charge in [0.25, 0.3) is 0 Å². The number of nitrogens with zero attached hydrogens (tertiary/aromatic N) is 4. The van der Waals surface area contributed by atoms with Crippen LogP contribution in [0.3, 0.4) is 0 Å². The van der Waals surface area contributed by atoms with E-state index in [1.807, 2.05) is 7.05 Å². The predicted octanol–water partition coefficient (Wildman–Crippen LogP) is 0.676. The standard InChI is InChI=1S/C11H15F3N4O/c1-16-4-6-17(7-5-16)10(19)8-18-3-2-9(15-18)11(12,13)14/h2-3H,4-8H2,1H3. The van der Waals surface area contributed by atoms with Crippen LogP contribution < -0.4 is 0 Å². The van der Waals surface area contributed by atoms with E-state index < -0.39 is 11.9 Å². The van der Waals surface area contributed by atoms with E-state index >= 15 is 0 Å². The summed E-state index contributed by atoms with van der Waals surface area (Å²) in [5.74, 6) is -0.204. The molecule has 0 atom stereocenters. The molecule has 1 amide bonds. The van der Waals surface area contributed by atoms with Crippen molar-refractivity contribution >= 4 is 5.91 Å². The number of rotatable bonds is 2. The zero-order valence-electron chi connectivity index (χ0n) is 10.5. The van der Waals surface area contributed by atoms with Gasteiger partial charge in [0, 0.05) is 32.4 Å². The van der Waals surface area contributed by atoms with Gasteiger partial charge in [-0.25, -0.2) is 0 Å². The van der Waals surface area contributed by atoms with Crippen molar-refractivity contribution in [2.45, 2.75) is 12.7 Å². The van der Waals surface area contributed by atoms with Crippen molar-refractivity contribution in [1.82, 2.24) is 19.6 Å². The maximum atomic E-state index is 12.4. The first kappa shape index (κ1) is 13.9. The molecular weight excluding hydrogens is 261 g/mol. The molecule has 0 radical (unpaired) electrons. The lowest BCUT2D eigenvalue weighted by atomic mass is 10.3. The van der Waals surface area contributed by atoms with E-state index in [-0.39, 0.29) is 12.5 Å². The van der Waals surface area contributed by atoms with E-state index in [4.69, 9.17) is 0 Å². The van der Waals surface area contributed by atoms with Gasteiger partial charge in [-0.3, -0.25) is 9.48 Å². The Morgan fingerprint density at radius 1 is 1.32 bits per heavy atom. The van der Waals surface area contributed by atoms with Crippen LogP contribution in [0.25, 0.3) is 0 Å². The number of hydrogen-bond donors (Lipinski definition) is 0. The van der Waals surface area contributed by atoms with Gasteiger partial charge in [-0.1, -0.05) is 0 Å². The zero-order valence-corrected chi connectivity index (χ0v) is 10.5. The van der Waals surface area contributed by atoms with Gasteiger partial charge in [-0.05, 0) is 13.1 Å². The molecule has 0 N–H and O–H groups in total. The van der Waals surface area contributed by atoms with Gasteiger partial charge < -0.3 is 9.80 Å². The van der Waals surface area contributed by atoms with E-state index in [0.717, 1.165) is 23.8 Å². The molecule has 1 aromatic rings. The Bertz CT molecular complexity index is 449. The molecule has 0 saturated carbocycles. The summed E-state index contributed by atoms with van der Waals surface area (Å²) in [6.45, 7) is 2.60. The Labute approximate surface area is 108 Å². The van der Waals surface area contributed by atoms with Gasteiger partial charge in [0.15, 0.2) is 5.69 Å².